The Balaban J connectivity index is 1.44. The molecule has 2 saturated carbocycles. The number of fused-ring (bicyclic) bond motifs is 2. The zero-order valence-electron chi connectivity index (χ0n) is 11.9. The Hall–Kier alpha value is -1.51. The standard InChI is InChI=1S/C17H23NO2/c19-17(20-12-13-5-2-1-3-6-13)18-16-10-14-7-4-8-15(9-14)11-16/h1-3,5-6,14-16H,4,7-12H2,(H,18,19). The molecule has 2 unspecified atom stereocenters. The van der Waals surface area contributed by atoms with Gasteiger partial charge in [-0.05, 0) is 36.7 Å². The normalized spacial score (nSPS) is 28.7. The monoisotopic (exact) mass is 273 g/mol. The third kappa shape index (κ3) is 3.53. The highest BCUT2D eigenvalue weighted by Crippen LogP contribution is 2.39. The van der Waals surface area contributed by atoms with Crippen molar-refractivity contribution in [3.63, 3.8) is 0 Å². The lowest BCUT2D eigenvalue weighted by Gasteiger charge is -2.39. The predicted molar refractivity (Wildman–Crippen MR) is 78.2 cm³/mol. The number of hydrogen-bond acceptors (Lipinski definition) is 2. The van der Waals surface area contributed by atoms with Crippen LogP contribution in [0.25, 0.3) is 0 Å². The van der Waals surface area contributed by atoms with Gasteiger partial charge in [-0.1, -0.05) is 49.6 Å². The van der Waals surface area contributed by atoms with Crippen LogP contribution in [0.1, 0.15) is 44.1 Å². The van der Waals surface area contributed by atoms with Gasteiger partial charge in [0.1, 0.15) is 6.61 Å². The molecule has 3 rings (SSSR count). The van der Waals surface area contributed by atoms with Crippen molar-refractivity contribution in [1.29, 1.82) is 0 Å². The average Bonchev–Trinajstić information content (AvgIpc) is 2.46. The molecule has 0 saturated heterocycles. The number of ether oxygens (including phenoxy) is 1. The number of nitrogens with one attached hydrogen (secondary N) is 1. The zero-order chi connectivity index (χ0) is 13.8. The van der Waals surface area contributed by atoms with E-state index in [1.54, 1.807) is 0 Å². The first kappa shape index (κ1) is 13.5. The van der Waals surface area contributed by atoms with Gasteiger partial charge in [-0.3, -0.25) is 0 Å². The van der Waals surface area contributed by atoms with E-state index in [4.69, 9.17) is 4.74 Å². The maximum Gasteiger partial charge on any atom is 0.407 e. The highest BCUT2D eigenvalue weighted by Gasteiger charge is 2.32. The molecular formula is C17H23NO2. The first-order chi connectivity index (χ1) is 9.79. The molecular weight excluding hydrogens is 250 g/mol. The second-order valence-corrected chi connectivity index (χ2v) is 6.27. The zero-order valence-corrected chi connectivity index (χ0v) is 11.9. The van der Waals surface area contributed by atoms with E-state index in [0.29, 0.717) is 12.6 Å². The molecule has 2 bridgehead atoms. The van der Waals surface area contributed by atoms with Gasteiger partial charge in [0.05, 0.1) is 0 Å². The summed E-state index contributed by atoms with van der Waals surface area (Å²) in [5, 5.41) is 3.06. The third-order valence-corrected chi connectivity index (χ3v) is 4.66. The van der Waals surface area contributed by atoms with E-state index in [2.05, 4.69) is 5.32 Å². The average molecular weight is 273 g/mol. The molecule has 0 aliphatic heterocycles. The van der Waals surface area contributed by atoms with Gasteiger partial charge in [0.25, 0.3) is 0 Å². The van der Waals surface area contributed by atoms with Crippen LogP contribution < -0.4 is 5.32 Å². The first-order valence-corrected chi connectivity index (χ1v) is 7.77. The molecule has 2 aliphatic carbocycles. The SMILES string of the molecule is O=C(NC1CC2CCCC(C2)C1)OCc1ccccc1. The van der Waals surface area contributed by atoms with Crippen molar-refractivity contribution in [3.8, 4) is 0 Å². The number of carbonyl (C=O) groups is 1. The lowest BCUT2D eigenvalue weighted by Crippen LogP contribution is -2.42. The minimum absolute atomic E-state index is 0.265. The minimum Gasteiger partial charge on any atom is -0.445 e. The van der Waals surface area contributed by atoms with Crippen LogP contribution in [-0.2, 0) is 11.3 Å². The van der Waals surface area contributed by atoms with E-state index in [0.717, 1.165) is 30.2 Å². The number of benzene rings is 1. The van der Waals surface area contributed by atoms with E-state index >= 15 is 0 Å². The van der Waals surface area contributed by atoms with Gasteiger partial charge in [0.2, 0.25) is 0 Å². The van der Waals surface area contributed by atoms with Gasteiger partial charge in [-0.2, -0.15) is 0 Å². The Kier molecular flexibility index (Phi) is 4.24. The summed E-state index contributed by atoms with van der Waals surface area (Å²) >= 11 is 0. The van der Waals surface area contributed by atoms with Crippen molar-refractivity contribution in [2.75, 3.05) is 0 Å². The lowest BCUT2D eigenvalue weighted by atomic mass is 9.70. The van der Waals surface area contributed by atoms with Crippen LogP contribution in [0.5, 0.6) is 0 Å². The quantitative estimate of drug-likeness (QED) is 0.907. The van der Waals surface area contributed by atoms with Gasteiger partial charge in [-0.25, -0.2) is 4.79 Å². The van der Waals surface area contributed by atoms with Gasteiger partial charge in [0, 0.05) is 6.04 Å². The summed E-state index contributed by atoms with van der Waals surface area (Å²) in [5.74, 6) is 1.64. The van der Waals surface area contributed by atoms with Crippen molar-refractivity contribution in [2.24, 2.45) is 11.8 Å². The predicted octanol–water partition coefficient (Wildman–Crippen LogP) is 3.88. The third-order valence-electron chi connectivity index (χ3n) is 4.66. The van der Waals surface area contributed by atoms with E-state index in [1.165, 1.54) is 25.7 Å². The maximum atomic E-state index is 11.9. The number of rotatable bonds is 3. The van der Waals surface area contributed by atoms with Crippen molar-refractivity contribution >= 4 is 6.09 Å². The van der Waals surface area contributed by atoms with Crippen LogP contribution in [0.4, 0.5) is 4.79 Å². The molecule has 0 aromatic heterocycles. The smallest absolute Gasteiger partial charge is 0.407 e. The molecule has 2 fully saturated rings. The van der Waals surface area contributed by atoms with Crippen molar-refractivity contribution < 1.29 is 9.53 Å². The Labute approximate surface area is 120 Å². The largest absolute Gasteiger partial charge is 0.445 e. The molecule has 3 heteroatoms. The molecule has 20 heavy (non-hydrogen) atoms. The van der Waals surface area contributed by atoms with E-state index in [-0.39, 0.29) is 6.09 Å². The Morgan fingerprint density at radius 3 is 2.50 bits per heavy atom. The summed E-state index contributed by atoms with van der Waals surface area (Å²) in [5.41, 5.74) is 1.03. The Bertz CT molecular complexity index is 434. The molecule has 1 N–H and O–H groups in total. The van der Waals surface area contributed by atoms with Gasteiger partial charge < -0.3 is 10.1 Å². The summed E-state index contributed by atoms with van der Waals surface area (Å²) in [7, 11) is 0. The van der Waals surface area contributed by atoms with Crippen molar-refractivity contribution in [1.82, 2.24) is 5.32 Å². The molecule has 2 aliphatic rings. The topological polar surface area (TPSA) is 38.3 Å². The molecule has 0 radical (unpaired) electrons. The highest BCUT2D eigenvalue weighted by atomic mass is 16.5. The summed E-state index contributed by atoms with van der Waals surface area (Å²) in [6, 6.07) is 10.1. The molecule has 1 aromatic rings. The van der Waals surface area contributed by atoms with Crippen LogP contribution in [0.15, 0.2) is 30.3 Å². The van der Waals surface area contributed by atoms with Gasteiger partial charge in [0.15, 0.2) is 0 Å². The van der Waals surface area contributed by atoms with Crippen LogP contribution in [-0.4, -0.2) is 12.1 Å². The molecule has 1 aromatic carbocycles. The summed E-state index contributed by atoms with van der Waals surface area (Å²) in [6.45, 7) is 0.353. The highest BCUT2D eigenvalue weighted by molar-refractivity contribution is 5.67. The summed E-state index contributed by atoms with van der Waals surface area (Å²) in [4.78, 5) is 11.9. The number of hydrogen-bond donors (Lipinski definition) is 1. The molecule has 0 heterocycles. The number of alkyl carbamates (subject to hydrolysis) is 1. The Morgan fingerprint density at radius 2 is 1.80 bits per heavy atom. The van der Waals surface area contributed by atoms with E-state index in [1.807, 2.05) is 30.3 Å². The molecule has 1 amide bonds. The van der Waals surface area contributed by atoms with Crippen LogP contribution in [0.2, 0.25) is 0 Å². The van der Waals surface area contributed by atoms with E-state index in [9.17, 15) is 4.79 Å². The van der Waals surface area contributed by atoms with Crippen LogP contribution in [0, 0.1) is 11.8 Å². The molecule has 2 atom stereocenters. The molecule has 108 valence electrons. The van der Waals surface area contributed by atoms with E-state index < -0.39 is 0 Å². The van der Waals surface area contributed by atoms with Crippen LogP contribution >= 0.6 is 0 Å². The second kappa shape index (κ2) is 6.29. The van der Waals surface area contributed by atoms with Crippen molar-refractivity contribution in [3.05, 3.63) is 35.9 Å². The lowest BCUT2D eigenvalue weighted by molar-refractivity contribution is 0.115. The van der Waals surface area contributed by atoms with Gasteiger partial charge >= 0.3 is 6.09 Å². The number of carbonyl (C=O) groups excluding carboxylic acids is 1. The fourth-order valence-corrected chi connectivity index (χ4v) is 3.78. The first-order valence-electron chi connectivity index (χ1n) is 7.77. The van der Waals surface area contributed by atoms with Crippen molar-refractivity contribution in [2.45, 2.75) is 51.2 Å². The Morgan fingerprint density at radius 1 is 1.10 bits per heavy atom. The van der Waals surface area contributed by atoms with Gasteiger partial charge in [-0.15, -0.1) is 0 Å². The summed E-state index contributed by atoms with van der Waals surface area (Å²) < 4.78 is 5.30. The maximum absolute atomic E-state index is 11.9. The molecule has 3 nitrogen and oxygen atoms in total. The second-order valence-electron chi connectivity index (χ2n) is 6.27. The molecule has 0 spiro atoms. The van der Waals surface area contributed by atoms with Crippen LogP contribution in [0.3, 0.4) is 0 Å². The summed E-state index contributed by atoms with van der Waals surface area (Å²) in [6.07, 6.45) is 7.44. The fourth-order valence-electron chi connectivity index (χ4n) is 3.78. The minimum atomic E-state index is -0.265. The number of amides is 1. The fraction of sp³-hybridized carbons (Fsp3) is 0.588.